The Kier molecular flexibility index (Phi) is 4.89. The van der Waals surface area contributed by atoms with Crippen molar-refractivity contribution in [2.45, 2.75) is 53.2 Å². The molecule has 0 fully saturated rings. The SMILES string of the molecule is CCCNCc1cnn(Cc2ncnn2C(C)C)c1C. The van der Waals surface area contributed by atoms with Gasteiger partial charge in [0.05, 0.1) is 6.20 Å². The maximum atomic E-state index is 4.47. The highest BCUT2D eigenvalue weighted by Gasteiger charge is 2.11. The van der Waals surface area contributed by atoms with Crippen LogP contribution in [0.1, 0.15) is 50.3 Å². The minimum Gasteiger partial charge on any atom is -0.313 e. The van der Waals surface area contributed by atoms with E-state index in [2.05, 4.69) is 48.2 Å². The van der Waals surface area contributed by atoms with Crippen molar-refractivity contribution in [2.24, 2.45) is 0 Å². The average molecular weight is 276 g/mol. The Bertz CT molecular complexity index is 540. The Balaban J connectivity index is 2.08. The Labute approximate surface area is 120 Å². The minimum atomic E-state index is 0.314. The summed E-state index contributed by atoms with van der Waals surface area (Å²) in [6, 6.07) is 0.314. The Morgan fingerprint density at radius 2 is 2.10 bits per heavy atom. The zero-order chi connectivity index (χ0) is 14.5. The molecule has 2 heterocycles. The first-order valence-corrected chi connectivity index (χ1v) is 7.23. The predicted octanol–water partition coefficient (Wildman–Crippen LogP) is 1.91. The van der Waals surface area contributed by atoms with Crippen molar-refractivity contribution < 1.29 is 0 Å². The summed E-state index contributed by atoms with van der Waals surface area (Å²) in [4.78, 5) is 4.33. The van der Waals surface area contributed by atoms with Gasteiger partial charge in [-0.3, -0.25) is 4.68 Å². The molecule has 0 aliphatic carbocycles. The van der Waals surface area contributed by atoms with Crippen molar-refractivity contribution in [3.8, 4) is 0 Å². The third-order valence-electron chi connectivity index (χ3n) is 3.37. The normalized spacial score (nSPS) is 11.4. The fraction of sp³-hybridized carbons (Fsp3) is 0.643. The van der Waals surface area contributed by atoms with Crippen LogP contribution in [0, 0.1) is 6.92 Å². The van der Waals surface area contributed by atoms with Crippen LogP contribution in [0.15, 0.2) is 12.5 Å². The molecular weight excluding hydrogens is 252 g/mol. The first-order chi connectivity index (χ1) is 9.63. The number of aromatic nitrogens is 5. The number of hydrogen-bond donors (Lipinski definition) is 1. The van der Waals surface area contributed by atoms with Crippen molar-refractivity contribution in [3.63, 3.8) is 0 Å². The molecule has 2 aromatic heterocycles. The molecule has 2 rings (SSSR count). The van der Waals surface area contributed by atoms with Gasteiger partial charge in [-0.2, -0.15) is 10.2 Å². The highest BCUT2D eigenvalue weighted by atomic mass is 15.4. The Hall–Kier alpha value is -1.69. The van der Waals surface area contributed by atoms with Crippen LogP contribution in [-0.4, -0.2) is 31.1 Å². The van der Waals surface area contributed by atoms with E-state index in [0.29, 0.717) is 12.6 Å². The van der Waals surface area contributed by atoms with Crippen LogP contribution in [0.3, 0.4) is 0 Å². The number of rotatable bonds is 7. The lowest BCUT2D eigenvalue weighted by Gasteiger charge is -2.10. The standard InChI is InChI=1S/C14H24N6/c1-5-6-15-7-13-8-17-19(12(13)4)9-14-16-10-18-20(14)11(2)3/h8,10-11,15H,5-7,9H2,1-4H3. The molecule has 1 N–H and O–H groups in total. The highest BCUT2D eigenvalue weighted by molar-refractivity contribution is 5.16. The van der Waals surface area contributed by atoms with Gasteiger partial charge >= 0.3 is 0 Å². The van der Waals surface area contributed by atoms with Crippen molar-refractivity contribution in [2.75, 3.05) is 6.54 Å². The van der Waals surface area contributed by atoms with Gasteiger partial charge in [-0.1, -0.05) is 6.92 Å². The number of nitrogens with zero attached hydrogens (tertiary/aromatic N) is 5. The van der Waals surface area contributed by atoms with Crippen LogP contribution in [0.25, 0.3) is 0 Å². The van der Waals surface area contributed by atoms with Crippen LogP contribution >= 0.6 is 0 Å². The van der Waals surface area contributed by atoms with Gasteiger partial charge in [0.25, 0.3) is 0 Å². The highest BCUT2D eigenvalue weighted by Crippen LogP contribution is 2.11. The predicted molar refractivity (Wildman–Crippen MR) is 78.5 cm³/mol. The second-order valence-corrected chi connectivity index (χ2v) is 5.30. The molecule has 6 nitrogen and oxygen atoms in total. The molecule has 0 spiro atoms. The lowest BCUT2D eigenvalue weighted by Crippen LogP contribution is -2.15. The Morgan fingerprint density at radius 3 is 2.80 bits per heavy atom. The summed E-state index contributed by atoms with van der Waals surface area (Å²) >= 11 is 0. The molecule has 0 radical (unpaired) electrons. The second kappa shape index (κ2) is 6.65. The van der Waals surface area contributed by atoms with Gasteiger partial charge in [-0.15, -0.1) is 0 Å². The van der Waals surface area contributed by atoms with Gasteiger partial charge in [0.15, 0.2) is 0 Å². The third-order valence-corrected chi connectivity index (χ3v) is 3.37. The molecular formula is C14H24N6. The van der Waals surface area contributed by atoms with E-state index in [1.54, 1.807) is 6.33 Å². The third kappa shape index (κ3) is 3.25. The van der Waals surface area contributed by atoms with Crippen molar-refractivity contribution in [1.29, 1.82) is 0 Å². The van der Waals surface area contributed by atoms with Crippen molar-refractivity contribution in [3.05, 3.63) is 29.6 Å². The zero-order valence-corrected chi connectivity index (χ0v) is 12.8. The zero-order valence-electron chi connectivity index (χ0n) is 12.8. The lowest BCUT2D eigenvalue weighted by atomic mass is 10.2. The van der Waals surface area contributed by atoms with Crippen LogP contribution in [0.5, 0.6) is 0 Å². The summed E-state index contributed by atoms with van der Waals surface area (Å²) in [7, 11) is 0. The molecule has 0 aliphatic rings. The molecule has 0 aliphatic heterocycles. The Morgan fingerprint density at radius 1 is 1.30 bits per heavy atom. The summed E-state index contributed by atoms with van der Waals surface area (Å²) in [5.74, 6) is 0.944. The quantitative estimate of drug-likeness (QED) is 0.785. The summed E-state index contributed by atoms with van der Waals surface area (Å²) < 4.78 is 3.93. The molecule has 0 amide bonds. The van der Waals surface area contributed by atoms with Gasteiger partial charge in [0.1, 0.15) is 18.7 Å². The van der Waals surface area contributed by atoms with Crippen LogP contribution in [0.4, 0.5) is 0 Å². The van der Waals surface area contributed by atoms with E-state index in [1.807, 2.05) is 15.6 Å². The first-order valence-electron chi connectivity index (χ1n) is 7.23. The largest absolute Gasteiger partial charge is 0.313 e. The molecule has 0 aromatic carbocycles. The molecule has 0 saturated carbocycles. The molecule has 0 bridgehead atoms. The van der Waals surface area contributed by atoms with Crippen LogP contribution in [0.2, 0.25) is 0 Å². The minimum absolute atomic E-state index is 0.314. The van der Waals surface area contributed by atoms with E-state index in [0.717, 1.165) is 25.3 Å². The van der Waals surface area contributed by atoms with Gasteiger partial charge in [-0.25, -0.2) is 9.67 Å². The van der Waals surface area contributed by atoms with Crippen LogP contribution in [-0.2, 0) is 13.1 Å². The van der Waals surface area contributed by atoms with Gasteiger partial charge in [0, 0.05) is 23.8 Å². The molecule has 20 heavy (non-hydrogen) atoms. The molecule has 110 valence electrons. The molecule has 2 aromatic rings. The van der Waals surface area contributed by atoms with E-state index in [4.69, 9.17) is 0 Å². The smallest absolute Gasteiger partial charge is 0.148 e. The fourth-order valence-corrected chi connectivity index (χ4v) is 2.17. The van der Waals surface area contributed by atoms with E-state index in [1.165, 1.54) is 11.3 Å². The van der Waals surface area contributed by atoms with Crippen molar-refractivity contribution in [1.82, 2.24) is 29.9 Å². The topological polar surface area (TPSA) is 60.6 Å². The second-order valence-electron chi connectivity index (χ2n) is 5.30. The maximum absolute atomic E-state index is 4.47. The monoisotopic (exact) mass is 276 g/mol. The van der Waals surface area contributed by atoms with E-state index in [-0.39, 0.29) is 0 Å². The molecule has 6 heteroatoms. The van der Waals surface area contributed by atoms with Gasteiger partial charge in [-0.05, 0) is 33.7 Å². The number of nitrogens with one attached hydrogen (secondary N) is 1. The first kappa shape index (κ1) is 14.7. The average Bonchev–Trinajstić information content (AvgIpc) is 3.00. The summed E-state index contributed by atoms with van der Waals surface area (Å²) in [6.07, 6.45) is 4.69. The maximum Gasteiger partial charge on any atom is 0.148 e. The van der Waals surface area contributed by atoms with Crippen molar-refractivity contribution >= 4 is 0 Å². The van der Waals surface area contributed by atoms with E-state index in [9.17, 15) is 0 Å². The molecule has 0 saturated heterocycles. The summed E-state index contributed by atoms with van der Waals surface area (Å²) in [6.45, 7) is 11.1. The lowest BCUT2D eigenvalue weighted by molar-refractivity contribution is 0.485. The number of hydrogen-bond acceptors (Lipinski definition) is 4. The van der Waals surface area contributed by atoms with Gasteiger partial charge in [0.2, 0.25) is 0 Å². The summed E-state index contributed by atoms with van der Waals surface area (Å²) in [5, 5.41) is 12.1. The van der Waals surface area contributed by atoms with E-state index < -0.39 is 0 Å². The van der Waals surface area contributed by atoms with E-state index >= 15 is 0 Å². The summed E-state index contributed by atoms with van der Waals surface area (Å²) in [5.41, 5.74) is 2.43. The molecule has 0 unspecified atom stereocenters. The molecule has 0 atom stereocenters. The van der Waals surface area contributed by atoms with Crippen LogP contribution < -0.4 is 5.32 Å². The van der Waals surface area contributed by atoms with Gasteiger partial charge < -0.3 is 5.32 Å². The fourth-order valence-electron chi connectivity index (χ4n) is 2.17.